The van der Waals surface area contributed by atoms with Crippen molar-refractivity contribution >= 4 is 11.6 Å². The smallest absolute Gasteiger partial charge is 0.145 e. The number of nitrogens with two attached hydrogens (primary N) is 1. The molecule has 1 rings (SSSR count). The van der Waals surface area contributed by atoms with Gasteiger partial charge in [-0.25, -0.2) is 15.8 Å². The molecule has 6 heteroatoms. The summed E-state index contributed by atoms with van der Waals surface area (Å²) in [6.07, 6.45) is 4.13. The number of hydrazine groups is 1. The molecular weight excluding hydrogens is 230 g/mol. The highest BCUT2D eigenvalue weighted by Crippen LogP contribution is 2.11. The molecule has 102 valence electrons. The van der Waals surface area contributed by atoms with E-state index in [1.165, 1.54) is 0 Å². The number of methoxy groups -OCH3 is 1. The second-order valence-electron chi connectivity index (χ2n) is 4.03. The van der Waals surface area contributed by atoms with Gasteiger partial charge in [0.1, 0.15) is 17.5 Å². The van der Waals surface area contributed by atoms with Crippen LogP contribution in [0.25, 0.3) is 0 Å². The fourth-order valence-electron chi connectivity index (χ4n) is 1.58. The van der Waals surface area contributed by atoms with Crippen molar-refractivity contribution in [1.82, 2.24) is 9.97 Å². The van der Waals surface area contributed by atoms with Gasteiger partial charge in [0.15, 0.2) is 0 Å². The molecule has 0 atom stereocenters. The highest BCUT2D eigenvalue weighted by atomic mass is 16.5. The van der Waals surface area contributed by atoms with Gasteiger partial charge < -0.3 is 15.5 Å². The molecule has 4 N–H and O–H groups in total. The van der Waals surface area contributed by atoms with E-state index in [4.69, 9.17) is 10.6 Å². The number of rotatable bonds is 9. The van der Waals surface area contributed by atoms with Crippen molar-refractivity contribution in [2.45, 2.75) is 32.6 Å². The van der Waals surface area contributed by atoms with Gasteiger partial charge in [-0.3, -0.25) is 0 Å². The molecule has 0 radical (unpaired) electrons. The summed E-state index contributed by atoms with van der Waals surface area (Å²) in [4.78, 5) is 8.63. The van der Waals surface area contributed by atoms with E-state index in [1.54, 1.807) is 7.11 Å². The summed E-state index contributed by atoms with van der Waals surface area (Å²) in [5.74, 6) is 7.62. The summed E-state index contributed by atoms with van der Waals surface area (Å²) in [6, 6.07) is 1.81. The first-order chi connectivity index (χ1) is 8.80. The fraction of sp³-hybridized carbons (Fsp3) is 0.667. The molecule has 1 aromatic rings. The van der Waals surface area contributed by atoms with Gasteiger partial charge in [-0.2, -0.15) is 0 Å². The number of unbranched alkanes of at least 4 members (excludes halogenated alkanes) is 2. The summed E-state index contributed by atoms with van der Waals surface area (Å²) in [7, 11) is 1.73. The lowest BCUT2D eigenvalue weighted by atomic mass is 10.2. The Balaban J connectivity index is 2.36. The average molecular weight is 253 g/mol. The third-order valence-corrected chi connectivity index (χ3v) is 2.57. The summed E-state index contributed by atoms with van der Waals surface area (Å²) in [6.45, 7) is 3.74. The molecule has 0 amide bonds. The normalized spacial score (nSPS) is 10.4. The molecule has 0 aliphatic heterocycles. The van der Waals surface area contributed by atoms with Crippen LogP contribution < -0.4 is 16.6 Å². The van der Waals surface area contributed by atoms with E-state index in [0.717, 1.165) is 50.5 Å². The van der Waals surface area contributed by atoms with Crippen LogP contribution in [0.15, 0.2) is 6.07 Å². The van der Waals surface area contributed by atoms with E-state index >= 15 is 0 Å². The third kappa shape index (κ3) is 5.29. The largest absolute Gasteiger partial charge is 0.385 e. The monoisotopic (exact) mass is 253 g/mol. The van der Waals surface area contributed by atoms with E-state index in [9.17, 15) is 0 Å². The van der Waals surface area contributed by atoms with Crippen molar-refractivity contribution in [1.29, 1.82) is 0 Å². The number of nitrogens with zero attached hydrogens (tertiary/aromatic N) is 2. The standard InChI is InChI=1S/C12H23N5O/c1-3-10-15-11(9-12(16-10)17-13)14-7-5-4-6-8-18-2/h9H,3-8,13H2,1-2H3,(H2,14,15,16,17). The molecule has 1 aromatic heterocycles. The van der Waals surface area contributed by atoms with Crippen LogP contribution in [-0.4, -0.2) is 30.2 Å². The van der Waals surface area contributed by atoms with Gasteiger partial charge in [-0.05, 0) is 19.3 Å². The SMILES string of the molecule is CCc1nc(NN)cc(NCCCCCOC)n1. The number of hydrogen-bond acceptors (Lipinski definition) is 6. The Morgan fingerprint density at radius 2 is 2.00 bits per heavy atom. The van der Waals surface area contributed by atoms with Gasteiger partial charge in [0.25, 0.3) is 0 Å². The maximum Gasteiger partial charge on any atom is 0.145 e. The highest BCUT2D eigenvalue weighted by molar-refractivity contribution is 5.46. The average Bonchev–Trinajstić information content (AvgIpc) is 2.42. The van der Waals surface area contributed by atoms with Gasteiger partial charge in [0.05, 0.1) is 0 Å². The summed E-state index contributed by atoms with van der Waals surface area (Å²) in [5, 5.41) is 3.28. The molecule has 0 unspecified atom stereocenters. The van der Waals surface area contributed by atoms with Crippen LogP contribution in [0.2, 0.25) is 0 Å². The third-order valence-electron chi connectivity index (χ3n) is 2.57. The second-order valence-corrected chi connectivity index (χ2v) is 4.03. The van der Waals surface area contributed by atoms with E-state index in [1.807, 2.05) is 13.0 Å². The number of aromatic nitrogens is 2. The highest BCUT2D eigenvalue weighted by Gasteiger charge is 2.01. The fourth-order valence-corrected chi connectivity index (χ4v) is 1.58. The van der Waals surface area contributed by atoms with Crippen LogP contribution in [-0.2, 0) is 11.2 Å². The molecular formula is C12H23N5O. The van der Waals surface area contributed by atoms with E-state index in [0.29, 0.717) is 5.82 Å². The predicted octanol–water partition coefficient (Wildman–Crippen LogP) is 1.55. The van der Waals surface area contributed by atoms with Crippen LogP contribution in [0.5, 0.6) is 0 Å². The Morgan fingerprint density at radius 3 is 2.67 bits per heavy atom. The van der Waals surface area contributed by atoms with E-state index in [2.05, 4.69) is 20.7 Å². The van der Waals surface area contributed by atoms with Crippen molar-refractivity contribution < 1.29 is 4.74 Å². The van der Waals surface area contributed by atoms with Crippen LogP contribution in [0.3, 0.4) is 0 Å². The molecule has 0 saturated heterocycles. The van der Waals surface area contributed by atoms with Crippen molar-refractivity contribution in [3.63, 3.8) is 0 Å². The van der Waals surface area contributed by atoms with Crippen molar-refractivity contribution in [2.75, 3.05) is 31.0 Å². The predicted molar refractivity (Wildman–Crippen MR) is 73.4 cm³/mol. The zero-order valence-corrected chi connectivity index (χ0v) is 11.2. The summed E-state index contributed by atoms with van der Waals surface area (Å²) >= 11 is 0. The number of nitrogens with one attached hydrogen (secondary N) is 2. The minimum absolute atomic E-state index is 0.642. The van der Waals surface area contributed by atoms with Crippen LogP contribution >= 0.6 is 0 Å². The van der Waals surface area contributed by atoms with Crippen LogP contribution in [0.4, 0.5) is 11.6 Å². The Labute approximate surface area is 108 Å². The molecule has 0 spiro atoms. The lowest BCUT2D eigenvalue weighted by Crippen LogP contribution is -2.12. The maximum absolute atomic E-state index is 5.37. The Bertz CT molecular complexity index is 323. The van der Waals surface area contributed by atoms with Crippen molar-refractivity contribution in [3.05, 3.63) is 11.9 Å². The van der Waals surface area contributed by atoms with Crippen molar-refractivity contribution in [3.8, 4) is 0 Å². The zero-order valence-electron chi connectivity index (χ0n) is 11.2. The first-order valence-electron chi connectivity index (χ1n) is 6.37. The molecule has 18 heavy (non-hydrogen) atoms. The molecule has 6 nitrogen and oxygen atoms in total. The van der Waals surface area contributed by atoms with Gasteiger partial charge in [-0.15, -0.1) is 0 Å². The number of aryl methyl sites for hydroxylation is 1. The van der Waals surface area contributed by atoms with Gasteiger partial charge in [0, 0.05) is 32.7 Å². The van der Waals surface area contributed by atoms with Gasteiger partial charge in [-0.1, -0.05) is 6.92 Å². The van der Waals surface area contributed by atoms with Crippen molar-refractivity contribution in [2.24, 2.45) is 5.84 Å². The second kappa shape index (κ2) is 8.66. The minimum Gasteiger partial charge on any atom is -0.385 e. The quantitative estimate of drug-likeness (QED) is 0.352. The number of anilines is 2. The molecule has 0 fully saturated rings. The molecule has 0 aliphatic rings. The van der Waals surface area contributed by atoms with Gasteiger partial charge in [0.2, 0.25) is 0 Å². The van der Waals surface area contributed by atoms with E-state index < -0.39 is 0 Å². The number of ether oxygens (including phenoxy) is 1. The zero-order chi connectivity index (χ0) is 13.2. The minimum atomic E-state index is 0.642. The van der Waals surface area contributed by atoms with Crippen LogP contribution in [0.1, 0.15) is 32.0 Å². The van der Waals surface area contributed by atoms with E-state index in [-0.39, 0.29) is 0 Å². The summed E-state index contributed by atoms with van der Waals surface area (Å²) in [5.41, 5.74) is 2.55. The molecule has 1 heterocycles. The summed E-state index contributed by atoms with van der Waals surface area (Å²) < 4.78 is 5.00. The topological polar surface area (TPSA) is 85.1 Å². The lowest BCUT2D eigenvalue weighted by Gasteiger charge is -2.08. The Hall–Kier alpha value is -1.40. The number of nitrogen functional groups attached to an aromatic ring is 1. The Kier molecular flexibility index (Phi) is 7.05. The molecule has 0 saturated carbocycles. The molecule has 0 aromatic carbocycles. The number of hydrogen-bond donors (Lipinski definition) is 3. The first kappa shape index (κ1) is 14.7. The molecule has 0 bridgehead atoms. The molecule has 0 aliphatic carbocycles. The lowest BCUT2D eigenvalue weighted by molar-refractivity contribution is 0.192. The van der Waals surface area contributed by atoms with Gasteiger partial charge >= 0.3 is 0 Å². The maximum atomic E-state index is 5.37. The first-order valence-corrected chi connectivity index (χ1v) is 6.37. The Morgan fingerprint density at radius 1 is 1.22 bits per heavy atom. The van der Waals surface area contributed by atoms with Crippen LogP contribution in [0, 0.1) is 0 Å².